The molecule has 0 amide bonds. The van der Waals surface area contributed by atoms with Crippen LogP contribution in [0, 0.1) is 0 Å². The summed E-state index contributed by atoms with van der Waals surface area (Å²) in [5, 5.41) is -0.399. The summed E-state index contributed by atoms with van der Waals surface area (Å²) in [4.78, 5) is 3.59. The minimum Gasteiger partial charge on any atom is -0.381 e. The summed E-state index contributed by atoms with van der Waals surface area (Å²) < 4.78 is 63.6. The maximum atomic E-state index is 12.5. The fraction of sp³-hybridized carbons (Fsp3) is 0.667. The van der Waals surface area contributed by atoms with E-state index in [0.717, 1.165) is 10.9 Å². The molecule has 1 aromatic heterocycles. The lowest BCUT2D eigenvalue weighted by molar-refractivity contribution is -0.137. The van der Waals surface area contributed by atoms with Gasteiger partial charge in [-0.05, 0) is 12.8 Å². The molecule has 0 atom stereocenters. The SMILES string of the molecule is Cn1cnc(N)c1S(=O)(=O)N(CC(F)(F)F)C1CC1. The van der Waals surface area contributed by atoms with E-state index in [2.05, 4.69) is 4.98 Å². The van der Waals surface area contributed by atoms with Gasteiger partial charge in [0.05, 0.1) is 6.33 Å². The topological polar surface area (TPSA) is 81.2 Å². The van der Waals surface area contributed by atoms with Crippen molar-refractivity contribution in [3.05, 3.63) is 6.33 Å². The first kappa shape index (κ1) is 14.1. The van der Waals surface area contributed by atoms with E-state index >= 15 is 0 Å². The number of aryl methyl sites for hydroxylation is 1. The molecule has 1 saturated carbocycles. The molecule has 108 valence electrons. The molecular weight excluding hydrogens is 285 g/mol. The summed E-state index contributed by atoms with van der Waals surface area (Å²) in [6, 6.07) is -0.610. The Labute approximate surface area is 108 Å². The van der Waals surface area contributed by atoms with Crippen LogP contribution in [0.2, 0.25) is 0 Å². The predicted molar refractivity (Wildman–Crippen MR) is 60.6 cm³/mol. The highest BCUT2D eigenvalue weighted by Crippen LogP contribution is 2.35. The molecule has 19 heavy (non-hydrogen) atoms. The lowest BCUT2D eigenvalue weighted by atomic mass is 10.6. The summed E-state index contributed by atoms with van der Waals surface area (Å²) in [5.74, 6) is -0.296. The standard InChI is InChI=1S/C9H13F3N4O2S/c1-15-5-14-7(13)8(15)19(17,18)16(6-2-3-6)4-9(10,11)12/h5-6H,2-4,13H2,1H3. The normalized spacial score (nSPS) is 17.1. The number of nitrogens with two attached hydrogens (primary N) is 1. The summed E-state index contributed by atoms with van der Waals surface area (Å²) in [5.41, 5.74) is 5.43. The average molecular weight is 298 g/mol. The first-order valence-electron chi connectivity index (χ1n) is 5.48. The van der Waals surface area contributed by atoms with Crippen molar-refractivity contribution in [2.75, 3.05) is 12.3 Å². The van der Waals surface area contributed by atoms with Crippen LogP contribution >= 0.6 is 0 Å². The Kier molecular flexibility index (Phi) is 3.25. The van der Waals surface area contributed by atoms with E-state index in [1.54, 1.807) is 0 Å². The summed E-state index contributed by atoms with van der Waals surface area (Å²) in [7, 11) is -2.93. The molecule has 0 radical (unpaired) electrons. The van der Waals surface area contributed by atoms with Gasteiger partial charge in [0, 0.05) is 13.1 Å². The van der Waals surface area contributed by atoms with E-state index in [-0.39, 0.29) is 5.82 Å². The Hall–Kier alpha value is -1.29. The molecule has 0 spiro atoms. The van der Waals surface area contributed by atoms with E-state index in [0.29, 0.717) is 17.1 Å². The average Bonchev–Trinajstić information content (AvgIpc) is 3.00. The van der Waals surface area contributed by atoms with E-state index in [1.807, 2.05) is 0 Å². The quantitative estimate of drug-likeness (QED) is 0.888. The molecule has 1 aromatic rings. The molecule has 0 bridgehead atoms. The summed E-state index contributed by atoms with van der Waals surface area (Å²) in [6.45, 7) is -1.51. The van der Waals surface area contributed by atoms with Crippen LogP contribution in [0.3, 0.4) is 0 Å². The lowest BCUT2D eigenvalue weighted by Gasteiger charge is -2.23. The van der Waals surface area contributed by atoms with Crippen LogP contribution < -0.4 is 5.73 Å². The molecule has 1 fully saturated rings. The molecule has 0 aliphatic heterocycles. The first-order valence-corrected chi connectivity index (χ1v) is 6.92. The van der Waals surface area contributed by atoms with Crippen LogP contribution in [0.5, 0.6) is 0 Å². The lowest BCUT2D eigenvalue weighted by Crippen LogP contribution is -2.41. The molecule has 10 heteroatoms. The molecule has 2 N–H and O–H groups in total. The van der Waals surface area contributed by atoms with Crippen molar-refractivity contribution in [3.63, 3.8) is 0 Å². The number of nitrogen functional groups attached to an aromatic ring is 1. The largest absolute Gasteiger partial charge is 0.402 e. The zero-order valence-electron chi connectivity index (χ0n) is 10.1. The number of sulfonamides is 1. The van der Waals surface area contributed by atoms with Gasteiger partial charge in [-0.1, -0.05) is 0 Å². The second kappa shape index (κ2) is 4.37. The molecule has 0 aromatic carbocycles. The van der Waals surface area contributed by atoms with Gasteiger partial charge in [-0.3, -0.25) is 0 Å². The Bertz CT molecular complexity index is 557. The van der Waals surface area contributed by atoms with Crippen molar-refractivity contribution >= 4 is 15.8 Å². The van der Waals surface area contributed by atoms with Crippen molar-refractivity contribution in [1.82, 2.24) is 13.9 Å². The molecular formula is C9H13F3N4O2S. The number of aromatic nitrogens is 2. The van der Waals surface area contributed by atoms with Crippen LogP contribution in [0.25, 0.3) is 0 Å². The van der Waals surface area contributed by atoms with E-state index in [9.17, 15) is 21.6 Å². The minimum absolute atomic E-state index is 0.296. The third-order valence-corrected chi connectivity index (χ3v) is 4.78. The number of hydrogen-bond donors (Lipinski definition) is 1. The second-order valence-corrected chi connectivity index (χ2v) is 6.25. The van der Waals surface area contributed by atoms with E-state index in [1.165, 1.54) is 7.05 Å². The van der Waals surface area contributed by atoms with Gasteiger partial charge in [0.15, 0.2) is 10.8 Å². The molecule has 6 nitrogen and oxygen atoms in total. The van der Waals surface area contributed by atoms with Crippen molar-refractivity contribution in [2.24, 2.45) is 7.05 Å². The van der Waals surface area contributed by atoms with Crippen molar-refractivity contribution in [3.8, 4) is 0 Å². The minimum atomic E-state index is -4.59. The van der Waals surface area contributed by atoms with Gasteiger partial charge < -0.3 is 10.3 Å². The van der Waals surface area contributed by atoms with E-state index < -0.39 is 33.8 Å². The number of hydrogen-bond acceptors (Lipinski definition) is 4. The number of nitrogens with zero attached hydrogens (tertiary/aromatic N) is 3. The highest BCUT2D eigenvalue weighted by Gasteiger charge is 2.46. The fourth-order valence-electron chi connectivity index (χ4n) is 1.81. The third kappa shape index (κ3) is 2.84. The molecule has 1 aliphatic rings. The first-order chi connectivity index (χ1) is 8.63. The smallest absolute Gasteiger partial charge is 0.381 e. The van der Waals surface area contributed by atoms with Crippen LogP contribution in [-0.2, 0) is 17.1 Å². The Morgan fingerprint density at radius 1 is 1.53 bits per heavy atom. The highest BCUT2D eigenvalue weighted by molar-refractivity contribution is 7.89. The number of imidazole rings is 1. The zero-order valence-corrected chi connectivity index (χ0v) is 10.9. The summed E-state index contributed by atoms with van der Waals surface area (Å²) >= 11 is 0. The number of alkyl halides is 3. The van der Waals surface area contributed by atoms with Crippen LogP contribution in [0.15, 0.2) is 11.4 Å². The highest BCUT2D eigenvalue weighted by atomic mass is 32.2. The molecule has 0 unspecified atom stereocenters. The Morgan fingerprint density at radius 2 is 2.11 bits per heavy atom. The van der Waals surface area contributed by atoms with E-state index in [4.69, 9.17) is 5.73 Å². The van der Waals surface area contributed by atoms with Crippen LogP contribution in [-0.4, -0.2) is 41.0 Å². The van der Waals surface area contributed by atoms with Gasteiger partial charge >= 0.3 is 6.18 Å². The maximum Gasteiger partial charge on any atom is 0.402 e. The zero-order chi connectivity index (χ0) is 14.4. The Morgan fingerprint density at radius 3 is 2.47 bits per heavy atom. The third-order valence-electron chi connectivity index (χ3n) is 2.75. The monoisotopic (exact) mass is 298 g/mol. The van der Waals surface area contributed by atoms with Gasteiger partial charge in [0.2, 0.25) is 0 Å². The number of rotatable bonds is 4. The van der Waals surface area contributed by atoms with Crippen molar-refractivity contribution in [1.29, 1.82) is 0 Å². The molecule has 1 heterocycles. The Balaban J connectivity index is 2.41. The second-order valence-electron chi connectivity index (χ2n) is 4.44. The van der Waals surface area contributed by atoms with Gasteiger partial charge in [-0.25, -0.2) is 13.4 Å². The van der Waals surface area contributed by atoms with Crippen molar-refractivity contribution < 1.29 is 21.6 Å². The molecule has 0 saturated heterocycles. The van der Waals surface area contributed by atoms with Gasteiger partial charge in [0.1, 0.15) is 6.54 Å². The molecule has 2 rings (SSSR count). The van der Waals surface area contributed by atoms with Gasteiger partial charge in [-0.15, -0.1) is 0 Å². The van der Waals surface area contributed by atoms with Crippen LogP contribution in [0.1, 0.15) is 12.8 Å². The number of anilines is 1. The summed E-state index contributed by atoms with van der Waals surface area (Å²) in [6.07, 6.45) is -2.59. The fourth-order valence-corrected chi connectivity index (χ4v) is 3.68. The maximum absolute atomic E-state index is 12.5. The van der Waals surface area contributed by atoms with Crippen LogP contribution in [0.4, 0.5) is 19.0 Å². The van der Waals surface area contributed by atoms with Gasteiger partial charge in [-0.2, -0.15) is 17.5 Å². The van der Waals surface area contributed by atoms with Crippen molar-refractivity contribution in [2.45, 2.75) is 30.1 Å². The number of halogens is 3. The molecule has 1 aliphatic carbocycles. The predicted octanol–water partition coefficient (Wildman–Crippen LogP) is 0.718. The van der Waals surface area contributed by atoms with Gasteiger partial charge in [0.25, 0.3) is 10.0 Å².